The van der Waals surface area contributed by atoms with E-state index < -0.39 is 23.9 Å². The van der Waals surface area contributed by atoms with Gasteiger partial charge < -0.3 is 25.1 Å². The summed E-state index contributed by atoms with van der Waals surface area (Å²) < 4.78 is 51.9. The molecule has 12 heteroatoms. The molecule has 0 radical (unpaired) electrons. The van der Waals surface area contributed by atoms with Crippen LogP contribution in [0.1, 0.15) is 24.6 Å². The maximum atomic E-state index is 13.0. The van der Waals surface area contributed by atoms with Crippen molar-refractivity contribution < 1.29 is 27.4 Å². The molecule has 4 rings (SSSR count). The van der Waals surface area contributed by atoms with Crippen LogP contribution >= 0.6 is 11.6 Å². The van der Waals surface area contributed by atoms with Gasteiger partial charge >= 0.3 is 6.18 Å². The molecule has 0 aliphatic carbocycles. The largest absolute Gasteiger partial charge is 0.456 e. The zero-order valence-electron chi connectivity index (χ0n) is 18.9. The van der Waals surface area contributed by atoms with Crippen molar-refractivity contribution in [2.24, 2.45) is 5.73 Å². The van der Waals surface area contributed by atoms with Crippen LogP contribution in [-0.2, 0) is 15.7 Å². The first kappa shape index (κ1) is 25.3. The average Bonchev–Trinajstić information content (AvgIpc) is 3.26. The predicted octanol–water partition coefficient (Wildman–Crippen LogP) is 6.05. The van der Waals surface area contributed by atoms with Gasteiger partial charge in [0.05, 0.1) is 16.1 Å². The highest BCUT2D eigenvalue weighted by Gasteiger charge is 2.30. The lowest BCUT2D eigenvalue weighted by molar-refractivity contribution is -0.137. The number of alkyl halides is 3. The fraction of sp³-hybridized carbons (Fsp3) is 0.208. The lowest BCUT2D eigenvalue weighted by atomic mass is 10.2. The Bertz CT molecular complexity index is 1390. The van der Waals surface area contributed by atoms with Crippen LogP contribution in [0.3, 0.4) is 0 Å². The van der Waals surface area contributed by atoms with E-state index in [2.05, 4.69) is 15.3 Å². The van der Waals surface area contributed by atoms with Crippen molar-refractivity contribution in [2.45, 2.75) is 25.2 Å². The fourth-order valence-electron chi connectivity index (χ4n) is 3.62. The van der Waals surface area contributed by atoms with Crippen molar-refractivity contribution in [3.05, 3.63) is 71.6 Å². The molecular formula is C24H21ClF3N5O3. The number of benzene rings is 2. The van der Waals surface area contributed by atoms with Crippen LogP contribution in [0.5, 0.6) is 11.5 Å². The number of methoxy groups -OCH3 is 1. The molecule has 0 aliphatic rings. The standard InChI is InChI=1S/C24H21ClF3N5O3/c1-35-21(8-7-20(29)34)33-10-9-18-22(33)23(31-13-30-18)32-15-5-6-19(17(25)12-15)36-16-4-2-3-14(11-16)24(26,27)28/h2-6,9-13,21H,7-8H2,1H3,(H2,29,34)(H,30,31,32). The predicted molar refractivity (Wildman–Crippen MR) is 128 cm³/mol. The molecule has 4 aromatic rings. The lowest BCUT2D eigenvalue weighted by Crippen LogP contribution is -2.16. The van der Waals surface area contributed by atoms with E-state index in [1.54, 1.807) is 29.0 Å². The third kappa shape index (κ3) is 5.69. The minimum atomic E-state index is -4.49. The average molecular weight is 520 g/mol. The number of rotatable bonds is 9. The second-order valence-corrected chi connectivity index (χ2v) is 8.18. The number of nitrogens with one attached hydrogen (secondary N) is 1. The van der Waals surface area contributed by atoms with Gasteiger partial charge in [-0.3, -0.25) is 4.79 Å². The first-order valence-electron chi connectivity index (χ1n) is 10.7. The molecule has 36 heavy (non-hydrogen) atoms. The number of carbonyl (C=O) groups excluding carboxylic acids is 1. The van der Waals surface area contributed by atoms with Gasteiger partial charge in [0.2, 0.25) is 5.91 Å². The van der Waals surface area contributed by atoms with Gasteiger partial charge in [-0.1, -0.05) is 17.7 Å². The Morgan fingerprint density at radius 1 is 1.19 bits per heavy atom. The van der Waals surface area contributed by atoms with E-state index in [-0.39, 0.29) is 22.9 Å². The number of fused-ring (bicyclic) bond motifs is 1. The zero-order valence-corrected chi connectivity index (χ0v) is 19.7. The molecular weight excluding hydrogens is 499 g/mol. The maximum Gasteiger partial charge on any atom is 0.416 e. The highest BCUT2D eigenvalue weighted by atomic mass is 35.5. The first-order chi connectivity index (χ1) is 17.2. The van der Waals surface area contributed by atoms with Crippen LogP contribution < -0.4 is 15.8 Å². The van der Waals surface area contributed by atoms with E-state index in [4.69, 9.17) is 26.8 Å². The van der Waals surface area contributed by atoms with Gasteiger partial charge in [-0.25, -0.2) is 9.97 Å². The molecule has 0 saturated carbocycles. The van der Waals surface area contributed by atoms with Crippen LogP contribution in [0, 0.1) is 0 Å². The quantitative estimate of drug-likeness (QED) is 0.279. The summed E-state index contributed by atoms with van der Waals surface area (Å²) in [5.41, 5.74) is 6.29. The summed E-state index contributed by atoms with van der Waals surface area (Å²) in [6.07, 6.45) is -1.30. The normalized spacial score (nSPS) is 12.5. The van der Waals surface area contributed by atoms with Gasteiger partial charge in [-0.15, -0.1) is 0 Å². The molecule has 2 heterocycles. The van der Waals surface area contributed by atoms with Crippen molar-refractivity contribution in [2.75, 3.05) is 12.4 Å². The summed E-state index contributed by atoms with van der Waals surface area (Å²) in [4.78, 5) is 19.8. The highest BCUT2D eigenvalue weighted by Crippen LogP contribution is 2.36. The van der Waals surface area contributed by atoms with Gasteiger partial charge in [0.25, 0.3) is 0 Å². The summed E-state index contributed by atoms with van der Waals surface area (Å²) in [5, 5.41) is 3.35. The fourth-order valence-corrected chi connectivity index (χ4v) is 3.84. The SMILES string of the molecule is COC(CCC(N)=O)n1ccc2ncnc(Nc3ccc(Oc4cccc(C(F)(F)F)c4)c(Cl)c3)c21. The third-order valence-electron chi connectivity index (χ3n) is 5.31. The van der Waals surface area contributed by atoms with E-state index in [9.17, 15) is 18.0 Å². The van der Waals surface area contributed by atoms with E-state index >= 15 is 0 Å². The molecule has 1 unspecified atom stereocenters. The van der Waals surface area contributed by atoms with Gasteiger partial charge in [0.15, 0.2) is 5.82 Å². The number of primary amides is 1. The molecule has 0 bridgehead atoms. The monoisotopic (exact) mass is 519 g/mol. The Kier molecular flexibility index (Phi) is 7.32. The van der Waals surface area contributed by atoms with Gasteiger partial charge in [0.1, 0.15) is 29.6 Å². The summed E-state index contributed by atoms with van der Waals surface area (Å²) in [6, 6.07) is 11.1. The molecule has 188 valence electrons. The Hall–Kier alpha value is -3.83. The van der Waals surface area contributed by atoms with Gasteiger partial charge in [-0.2, -0.15) is 13.2 Å². The topological polar surface area (TPSA) is 104 Å². The van der Waals surface area contributed by atoms with E-state index in [0.29, 0.717) is 29.0 Å². The van der Waals surface area contributed by atoms with Crippen molar-refractivity contribution in [1.82, 2.24) is 14.5 Å². The maximum absolute atomic E-state index is 13.0. The van der Waals surface area contributed by atoms with Crippen LogP contribution in [0.2, 0.25) is 5.02 Å². The Morgan fingerprint density at radius 3 is 2.69 bits per heavy atom. The van der Waals surface area contributed by atoms with Crippen LogP contribution in [0.4, 0.5) is 24.7 Å². The molecule has 8 nitrogen and oxygen atoms in total. The Balaban J connectivity index is 1.58. The molecule has 0 spiro atoms. The highest BCUT2D eigenvalue weighted by molar-refractivity contribution is 6.32. The Morgan fingerprint density at radius 2 is 2.00 bits per heavy atom. The molecule has 2 aromatic carbocycles. The first-order valence-corrected chi connectivity index (χ1v) is 11.1. The minimum Gasteiger partial charge on any atom is -0.456 e. The summed E-state index contributed by atoms with van der Waals surface area (Å²) in [6.45, 7) is 0. The third-order valence-corrected chi connectivity index (χ3v) is 5.60. The van der Waals surface area contributed by atoms with Crippen LogP contribution in [0.15, 0.2) is 61.1 Å². The molecule has 0 aliphatic heterocycles. The number of nitrogens with two attached hydrogens (primary N) is 1. The number of carbonyl (C=O) groups is 1. The van der Waals surface area contributed by atoms with E-state index in [1.165, 1.54) is 31.6 Å². The number of aromatic nitrogens is 3. The summed E-state index contributed by atoms with van der Waals surface area (Å²) in [7, 11) is 1.53. The number of amides is 1. The second-order valence-electron chi connectivity index (χ2n) is 7.77. The summed E-state index contributed by atoms with van der Waals surface area (Å²) in [5.74, 6) is 0.201. The minimum absolute atomic E-state index is 0.00402. The second kappa shape index (κ2) is 10.4. The smallest absolute Gasteiger partial charge is 0.416 e. The molecule has 1 amide bonds. The van der Waals surface area contributed by atoms with Crippen molar-refractivity contribution in [3.63, 3.8) is 0 Å². The molecule has 0 fully saturated rings. The zero-order chi connectivity index (χ0) is 25.9. The number of ether oxygens (including phenoxy) is 2. The number of anilines is 2. The number of halogens is 4. The van der Waals surface area contributed by atoms with Gasteiger partial charge in [-0.05, 0) is 42.5 Å². The number of nitrogens with zero attached hydrogens (tertiary/aromatic N) is 3. The van der Waals surface area contributed by atoms with Crippen molar-refractivity contribution >= 4 is 40.0 Å². The summed E-state index contributed by atoms with van der Waals surface area (Å²) >= 11 is 6.36. The van der Waals surface area contributed by atoms with Crippen LogP contribution in [0.25, 0.3) is 11.0 Å². The van der Waals surface area contributed by atoms with Crippen molar-refractivity contribution in [3.8, 4) is 11.5 Å². The van der Waals surface area contributed by atoms with E-state index in [0.717, 1.165) is 12.1 Å². The van der Waals surface area contributed by atoms with Crippen molar-refractivity contribution in [1.29, 1.82) is 0 Å². The molecule has 3 N–H and O–H groups in total. The molecule has 1 atom stereocenters. The number of hydrogen-bond acceptors (Lipinski definition) is 6. The molecule has 2 aromatic heterocycles. The van der Waals surface area contributed by atoms with Crippen LogP contribution in [-0.4, -0.2) is 27.6 Å². The van der Waals surface area contributed by atoms with Gasteiger partial charge in [0, 0.05) is 31.8 Å². The number of hydrogen-bond donors (Lipinski definition) is 2. The molecule has 0 saturated heterocycles. The Labute approximate surface area is 208 Å². The lowest BCUT2D eigenvalue weighted by Gasteiger charge is -2.19. The van der Waals surface area contributed by atoms with E-state index in [1.807, 2.05) is 0 Å².